The molecule has 136 valence electrons. The van der Waals surface area contributed by atoms with Crippen LogP contribution in [0.2, 0.25) is 0 Å². The van der Waals surface area contributed by atoms with E-state index < -0.39 is 0 Å². The van der Waals surface area contributed by atoms with Gasteiger partial charge in [-0.05, 0) is 12.1 Å². The Kier molecular flexibility index (Phi) is 9.84. The number of hydrogen-bond acceptors (Lipinski definition) is 4. The van der Waals surface area contributed by atoms with Gasteiger partial charge in [-0.25, -0.2) is 9.37 Å². The molecule has 0 fully saturated rings. The number of nitrogens with two attached hydrogens (primary N) is 1. The Hall–Kier alpha value is -1.41. The van der Waals surface area contributed by atoms with Gasteiger partial charge in [0.1, 0.15) is 11.3 Å². The van der Waals surface area contributed by atoms with Gasteiger partial charge in [-0.1, -0.05) is 6.07 Å². The molecule has 2 aromatic rings. The van der Waals surface area contributed by atoms with Gasteiger partial charge in [0.05, 0.1) is 18.0 Å². The molecule has 1 heterocycles. The molecular formula is C15H23Cl2FN4O2. The Bertz CT molecular complexity index is 662. The molecule has 0 spiro atoms. The summed E-state index contributed by atoms with van der Waals surface area (Å²) in [6, 6.07) is 4.86. The number of methoxy groups -OCH3 is 1. The molecule has 1 atom stereocenters. The number of hydrogen-bond donors (Lipinski definition) is 2. The first-order valence-electron chi connectivity index (χ1n) is 7.16. The van der Waals surface area contributed by atoms with Crippen molar-refractivity contribution in [3.63, 3.8) is 0 Å². The molecule has 0 bridgehead atoms. The van der Waals surface area contributed by atoms with Crippen LogP contribution < -0.4 is 11.1 Å². The number of nitrogens with one attached hydrogen (secondary N) is 1. The molecule has 1 aromatic heterocycles. The van der Waals surface area contributed by atoms with Gasteiger partial charge in [-0.3, -0.25) is 4.79 Å². The second-order valence-corrected chi connectivity index (χ2v) is 5.09. The Morgan fingerprint density at radius 3 is 2.75 bits per heavy atom. The summed E-state index contributed by atoms with van der Waals surface area (Å²) in [5.74, 6) is 0.263. The summed E-state index contributed by atoms with van der Waals surface area (Å²) in [6.07, 6.45) is 0.478. The maximum atomic E-state index is 13.7. The third-order valence-corrected chi connectivity index (χ3v) is 3.63. The van der Waals surface area contributed by atoms with Crippen molar-refractivity contribution in [3.05, 3.63) is 29.8 Å². The van der Waals surface area contributed by atoms with Crippen molar-refractivity contribution < 1.29 is 13.9 Å². The molecule has 0 aliphatic heterocycles. The van der Waals surface area contributed by atoms with Crippen LogP contribution in [0.15, 0.2) is 18.2 Å². The number of para-hydroxylation sites is 1. The summed E-state index contributed by atoms with van der Waals surface area (Å²) in [6.45, 7) is 0.729. The van der Waals surface area contributed by atoms with Crippen LogP contribution in [0.5, 0.6) is 0 Å². The number of aromatic nitrogens is 2. The van der Waals surface area contributed by atoms with E-state index in [-0.39, 0.29) is 49.1 Å². The molecule has 1 amide bonds. The van der Waals surface area contributed by atoms with Crippen molar-refractivity contribution in [1.29, 1.82) is 0 Å². The molecule has 0 aliphatic carbocycles. The van der Waals surface area contributed by atoms with Gasteiger partial charge in [0.25, 0.3) is 0 Å². The molecule has 0 saturated carbocycles. The number of fused-ring (bicyclic) bond motifs is 1. The number of halogens is 3. The van der Waals surface area contributed by atoms with E-state index in [1.807, 2.05) is 17.7 Å². The van der Waals surface area contributed by atoms with Crippen LogP contribution in [0.3, 0.4) is 0 Å². The van der Waals surface area contributed by atoms with Gasteiger partial charge in [-0.15, -0.1) is 24.8 Å². The Morgan fingerprint density at radius 2 is 2.17 bits per heavy atom. The van der Waals surface area contributed by atoms with Gasteiger partial charge in [-0.2, -0.15) is 0 Å². The summed E-state index contributed by atoms with van der Waals surface area (Å²) in [5, 5.41) is 2.79. The van der Waals surface area contributed by atoms with E-state index >= 15 is 0 Å². The lowest BCUT2D eigenvalue weighted by molar-refractivity contribution is -0.123. The van der Waals surface area contributed by atoms with E-state index in [4.69, 9.17) is 10.5 Å². The number of aryl methyl sites for hydroxylation is 1. The minimum absolute atomic E-state index is 0. The third-order valence-electron chi connectivity index (χ3n) is 3.63. The second kappa shape index (κ2) is 10.5. The molecule has 3 N–H and O–H groups in total. The minimum atomic E-state index is -0.339. The normalized spacial score (nSPS) is 11.5. The topological polar surface area (TPSA) is 82.2 Å². The average molecular weight is 381 g/mol. The molecule has 0 saturated heterocycles. The lowest BCUT2D eigenvalue weighted by Gasteiger charge is -2.12. The van der Waals surface area contributed by atoms with E-state index in [1.54, 1.807) is 6.07 Å². The number of ether oxygens (including phenoxy) is 1. The van der Waals surface area contributed by atoms with Crippen molar-refractivity contribution >= 4 is 41.8 Å². The van der Waals surface area contributed by atoms with E-state index in [0.717, 1.165) is 11.3 Å². The Balaban J connectivity index is 0.00000264. The number of amides is 1. The third kappa shape index (κ3) is 5.31. The monoisotopic (exact) mass is 380 g/mol. The van der Waals surface area contributed by atoms with Crippen molar-refractivity contribution in [2.24, 2.45) is 12.8 Å². The quantitative estimate of drug-likeness (QED) is 0.763. The number of rotatable bonds is 7. The Labute approximate surface area is 152 Å². The van der Waals surface area contributed by atoms with E-state index in [2.05, 4.69) is 10.3 Å². The van der Waals surface area contributed by atoms with Crippen LogP contribution in [0.4, 0.5) is 4.39 Å². The zero-order valence-electron chi connectivity index (χ0n) is 13.6. The van der Waals surface area contributed by atoms with Crippen LogP contribution in [0.1, 0.15) is 12.2 Å². The average Bonchev–Trinajstić information content (AvgIpc) is 2.83. The highest BCUT2D eigenvalue weighted by Gasteiger charge is 2.13. The fraction of sp³-hybridized carbons (Fsp3) is 0.467. The molecule has 1 unspecified atom stereocenters. The van der Waals surface area contributed by atoms with Gasteiger partial charge in [0.15, 0.2) is 5.82 Å². The lowest BCUT2D eigenvalue weighted by atomic mass is 10.2. The molecule has 2 rings (SSSR count). The maximum Gasteiger partial charge on any atom is 0.222 e. The van der Waals surface area contributed by atoms with Gasteiger partial charge in [0, 0.05) is 33.7 Å². The summed E-state index contributed by atoms with van der Waals surface area (Å²) in [5.41, 5.74) is 6.57. The summed E-state index contributed by atoms with van der Waals surface area (Å²) >= 11 is 0. The summed E-state index contributed by atoms with van der Waals surface area (Å²) < 4.78 is 20.6. The van der Waals surface area contributed by atoms with Gasteiger partial charge < -0.3 is 20.4 Å². The zero-order chi connectivity index (χ0) is 16.1. The first-order valence-corrected chi connectivity index (χ1v) is 7.16. The first-order chi connectivity index (χ1) is 10.6. The first kappa shape index (κ1) is 22.6. The number of nitrogens with zero attached hydrogens (tertiary/aromatic N) is 2. The summed E-state index contributed by atoms with van der Waals surface area (Å²) in [4.78, 5) is 16.0. The molecule has 9 heteroatoms. The van der Waals surface area contributed by atoms with Crippen molar-refractivity contribution in [3.8, 4) is 0 Å². The fourth-order valence-electron chi connectivity index (χ4n) is 2.31. The Morgan fingerprint density at radius 1 is 1.46 bits per heavy atom. The van der Waals surface area contributed by atoms with Crippen molar-refractivity contribution in [2.75, 3.05) is 20.2 Å². The predicted octanol–water partition coefficient (Wildman–Crippen LogP) is 1.58. The molecule has 24 heavy (non-hydrogen) atoms. The summed E-state index contributed by atoms with van der Waals surface area (Å²) in [7, 11) is 3.36. The molecule has 1 aromatic carbocycles. The van der Waals surface area contributed by atoms with Gasteiger partial charge in [0.2, 0.25) is 5.91 Å². The molecule has 6 nitrogen and oxygen atoms in total. The number of carbonyl (C=O) groups excluding carboxylic acids is 1. The van der Waals surface area contributed by atoms with Crippen LogP contribution in [0, 0.1) is 5.82 Å². The SMILES string of the molecule is COC(CN)CC(=O)NCCc1nc2c(F)cccc2n1C.Cl.Cl. The van der Waals surface area contributed by atoms with Crippen LogP contribution in [-0.2, 0) is 23.0 Å². The lowest BCUT2D eigenvalue weighted by Crippen LogP contribution is -2.33. The maximum absolute atomic E-state index is 13.7. The van der Waals surface area contributed by atoms with E-state index in [9.17, 15) is 9.18 Å². The van der Waals surface area contributed by atoms with Crippen LogP contribution >= 0.6 is 24.8 Å². The predicted molar refractivity (Wildman–Crippen MR) is 96.4 cm³/mol. The van der Waals surface area contributed by atoms with Crippen LogP contribution in [0.25, 0.3) is 11.0 Å². The van der Waals surface area contributed by atoms with E-state index in [1.165, 1.54) is 13.2 Å². The van der Waals surface area contributed by atoms with Gasteiger partial charge >= 0.3 is 0 Å². The highest BCUT2D eigenvalue weighted by Crippen LogP contribution is 2.17. The second-order valence-electron chi connectivity index (χ2n) is 5.09. The highest BCUT2D eigenvalue weighted by atomic mass is 35.5. The van der Waals surface area contributed by atoms with Crippen molar-refractivity contribution in [2.45, 2.75) is 18.9 Å². The minimum Gasteiger partial charge on any atom is -0.380 e. The number of carbonyl (C=O) groups is 1. The zero-order valence-corrected chi connectivity index (χ0v) is 15.3. The molecule has 0 radical (unpaired) electrons. The highest BCUT2D eigenvalue weighted by molar-refractivity contribution is 5.85. The number of benzene rings is 1. The van der Waals surface area contributed by atoms with E-state index in [0.29, 0.717) is 25.0 Å². The van der Waals surface area contributed by atoms with Crippen LogP contribution in [-0.4, -0.2) is 41.8 Å². The smallest absolute Gasteiger partial charge is 0.222 e. The van der Waals surface area contributed by atoms with Crippen molar-refractivity contribution in [1.82, 2.24) is 14.9 Å². The fourth-order valence-corrected chi connectivity index (χ4v) is 2.31. The molecule has 0 aliphatic rings. The standard InChI is InChI=1S/C15H21FN4O2.2ClH/c1-20-12-5-3-4-11(16)15(12)19-13(20)6-7-18-14(21)8-10(9-17)22-2;;/h3-5,10H,6-9,17H2,1-2H3,(H,18,21);2*1H. The number of imidazole rings is 1. The largest absolute Gasteiger partial charge is 0.380 e. The molecular weight excluding hydrogens is 358 g/mol.